The minimum absolute atomic E-state index is 0.0627. The summed E-state index contributed by atoms with van der Waals surface area (Å²) in [6.07, 6.45) is 4.72. The molecule has 1 fully saturated rings. The van der Waals surface area contributed by atoms with Gasteiger partial charge >= 0.3 is 0 Å². The monoisotopic (exact) mass is 226 g/mol. The van der Waals surface area contributed by atoms with Gasteiger partial charge in [-0.2, -0.15) is 0 Å². The Morgan fingerprint density at radius 1 is 1.31 bits per heavy atom. The van der Waals surface area contributed by atoms with E-state index in [1.54, 1.807) is 11.8 Å². The molecule has 0 spiro atoms. The van der Waals surface area contributed by atoms with Crippen LogP contribution in [0.25, 0.3) is 0 Å². The van der Waals surface area contributed by atoms with Crippen molar-refractivity contribution < 1.29 is 9.59 Å². The van der Waals surface area contributed by atoms with Crippen LogP contribution in [0.5, 0.6) is 0 Å². The molecule has 92 valence electrons. The van der Waals surface area contributed by atoms with Crippen molar-refractivity contribution in [2.45, 2.75) is 52.0 Å². The van der Waals surface area contributed by atoms with Gasteiger partial charge in [0.15, 0.2) is 0 Å². The Bertz CT molecular complexity index is 249. The van der Waals surface area contributed by atoms with Gasteiger partial charge in [-0.3, -0.25) is 9.59 Å². The van der Waals surface area contributed by atoms with E-state index in [2.05, 4.69) is 12.2 Å². The number of hydrogen-bond donors (Lipinski definition) is 1. The Morgan fingerprint density at radius 2 is 2.00 bits per heavy atom. The Balaban J connectivity index is 2.19. The molecule has 4 nitrogen and oxygen atoms in total. The van der Waals surface area contributed by atoms with E-state index in [1.165, 1.54) is 0 Å². The summed E-state index contributed by atoms with van der Waals surface area (Å²) in [5, 5.41) is 2.93. The summed E-state index contributed by atoms with van der Waals surface area (Å²) in [4.78, 5) is 24.5. The second kappa shape index (κ2) is 6.51. The molecule has 1 aliphatic rings. The predicted molar refractivity (Wildman–Crippen MR) is 62.9 cm³/mol. The normalized spacial score (nSPS) is 14.6. The van der Waals surface area contributed by atoms with E-state index < -0.39 is 0 Å². The number of nitrogens with zero attached hydrogens (tertiary/aromatic N) is 1. The predicted octanol–water partition coefficient (Wildman–Crippen LogP) is 1.30. The van der Waals surface area contributed by atoms with Gasteiger partial charge in [-0.15, -0.1) is 0 Å². The largest absolute Gasteiger partial charge is 0.353 e. The lowest BCUT2D eigenvalue weighted by molar-refractivity contribution is -0.129. The number of carbonyl (C=O) groups excluding carboxylic acids is 2. The molecule has 0 aromatic rings. The van der Waals surface area contributed by atoms with Gasteiger partial charge in [0, 0.05) is 32.5 Å². The Morgan fingerprint density at radius 3 is 2.50 bits per heavy atom. The lowest BCUT2D eigenvalue weighted by atomic mass is 10.3. The van der Waals surface area contributed by atoms with Gasteiger partial charge in [-0.1, -0.05) is 13.3 Å². The van der Waals surface area contributed by atoms with Crippen LogP contribution in [0.3, 0.4) is 0 Å². The highest BCUT2D eigenvalue weighted by Crippen LogP contribution is 2.18. The quantitative estimate of drug-likeness (QED) is 0.711. The van der Waals surface area contributed by atoms with Gasteiger partial charge in [0.05, 0.1) is 0 Å². The van der Waals surface area contributed by atoms with Crippen LogP contribution in [-0.4, -0.2) is 35.8 Å². The smallest absolute Gasteiger partial charge is 0.221 e. The maximum absolute atomic E-state index is 11.4. The van der Waals surface area contributed by atoms with E-state index in [1.807, 2.05) is 0 Å². The number of hydrogen-bond acceptors (Lipinski definition) is 2. The van der Waals surface area contributed by atoms with Crippen molar-refractivity contribution in [3.05, 3.63) is 0 Å². The van der Waals surface area contributed by atoms with Gasteiger partial charge in [0.25, 0.3) is 0 Å². The van der Waals surface area contributed by atoms with E-state index in [9.17, 15) is 9.59 Å². The van der Waals surface area contributed by atoms with Crippen LogP contribution in [0.1, 0.15) is 46.0 Å². The minimum Gasteiger partial charge on any atom is -0.353 e. The fourth-order valence-electron chi connectivity index (χ4n) is 1.54. The molecule has 2 amide bonds. The summed E-state index contributed by atoms with van der Waals surface area (Å²) >= 11 is 0. The Labute approximate surface area is 97.4 Å². The zero-order chi connectivity index (χ0) is 12.0. The topological polar surface area (TPSA) is 49.4 Å². The van der Waals surface area contributed by atoms with Crippen molar-refractivity contribution in [3.8, 4) is 0 Å². The highest BCUT2D eigenvalue weighted by atomic mass is 16.2. The Kier molecular flexibility index (Phi) is 5.29. The fourth-order valence-corrected chi connectivity index (χ4v) is 1.54. The van der Waals surface area contributed by atoms with E-state index >= 15 is 0 Å². The van der Waals surface area contributed by atoms with Crippen molar-refractivity contribution in [1.29, 1.82) is 0 Å². The molecule has 4 heteroatoms. The number of carbonyl (C=O) groups is 2. The maximum Gasteiger partial charge on any atom is 0.221 e. The first-order valence-corrected chi connectivity index (χ1v) is 6.18. The molecule has 0 bridgehead atoms. The molecule has 0 aromatic heterocycles. The van der Waals surface area contributed by atoms with E-state index in [-0.39, 0.29) is 11.8 Å². The average Bonchev–Trinajstić information content (AvgIpc) is 3.01. The molecule has 16 heavy (non-hydrogen) atoms. The van der Waals surface area contributed by atoms with Crippen LogP contribution in [-0.2, 0) is 9.59 Å². The summed E-state index contributed by atoms with van der Waals surface area (Å²) in [5.41, 5.74) is 0. The molecule has 0 radical (unpaired) electrons. The number of amides is 2. The summed E-state index contributed by atoms with van der Waals surface area (Å²) in [6.45, 7) is 4.98. The van der Waals surface area contributed by atoms with Crippen LogP contribution in [0, 0.1) is 0 Å². The minimum atomic E-state index is 0.0627. The summed E-state index contributed by atoms with van der Waals surface area (Å²) < 4.78 is 0. The maximum atomic E-state index is 11.4. The Hall–Kier alpha value is -1.06. The van der Waals surface area contributed by atoms with Crippen molar-refractivity contribution in [3.63, 3.8) is 0 Å². The molecule has 1 aliphatic carbocycles. The number of unbranched alkanes of at least 4 members (excludes halogenated alkanes) is 1. The van der Waals surface area contributed by atoms with Gasteiger partial charge < -0.3 is 10.2 Å². The van der Waals surface area contributed by atoms with Crippen molar-refractivity contribution in [1.82, 2.24) is 10.2 Å². The second-order valence-electron chi connectivity index (χ2n) is 4.45. The molecular formula is C12H22N2O2. The first-order chi connectivity index (χ1) is 7.63. The molecule has 0 saturated heterocycles. The number of nitrogens with one attached hydrogen (secondary N) is 1. The van der Waals surface area contributed by atoms with Gasteiger partial charge in [-0.25, -0.2) is 0 Å². The van der Waals surface area contributed by atoms with Crippen LogP contribution >= 0.6 is 0 Å². The fraction of sp³-hybridized carbons (Fsp3) is 0.833. The molecule has 0 heterocycles. The van der Waals surface area contributed by atoms with Crippen LogP contribution in [0.4, 0.5) is 0 Å². The summed E-state index contributed by atoms with van der Waals surface area (Å²) in [6, 6.07) is 0.411. The molecule has 1 saturated carbocycles. The third-order valence-electron chi connectivity index (χ3n) is 2.78. The summed E-state index contributed by atoms with van der Waals surface area (Å²) in [7, 11) is 0. The molecule has 0 unspecified atom stereocenters. The van der Waals surface area contributed by atoms with Crippen molar-refractivity contribution in [2.24, 2.45) is 0 Å². The lowest BCUT2D eigenvalue weighted by Gasteiger charge is -2.20. The molecule has 1 N–H and O–H groups in total. The summed E-state index contributed by atoms with van der Waals surface area (Å²) in [5.74, 6) is 0.137. The second-order valence-corrected chi connectivity index (χ2v) is 4.45. The van der Waals surface area contributed by atoms with Crippen LogP contribution < -0.4 is 5.32 Å². The van der Waals surface area contributed by atoms with Gasteiger partial charge in [0.1, 0.15) is 0 Å². The standard InChI is InChI=1S/C12H22N2O2/c1-3-4-8-14(10(2)15)9-7-12(16)13-11-5-6-11/h11H,3-9H2,1-2H3,(H,13,16). The SMILES string of the molecule is CCCCN(CCC(=O)NC1CC1)C(C)=O. The van der Waals surface area contributed by atoms with Gasteiger partial charge in [-0.05, 0) is 19.3 Å². The third kappa shape index (κ3) is 5.14. The molecular weight excluding hydrogens is 204 g/mol. The van der Waals surface area contributed by atoms with Crippen molar-refractivity contribution >= 4 is 11.8 Å². The van der Waals surface area contributed by atoms with E-state index in [0.29, 0.717) is 19.0 Å². The molecule has 1 rings (SSSR count). The molecule has 0 aliphatic heterocycles. The van der Waals surface area contributed by atoms with Gasteiger partial charge in [0.2, 0.25) is 11.8 Å². The number of rotatable bonds is 7. The zero-order valence-electron chi connectivity index (χ0n) is 10.3. The molecule has 0 atom stereocenters. The average molecular weight is 226 g/mol. The first-order valence-electron chi connectivity index (χ1n) is 6.18. The van der Waals surface area contributed by atoms with E-state index in [0.717, 1.165) is 32.2 Å². The lowest BCUT2D eigenvalue weighted by Crippen LogP contribution is -2.35. The first kappa shape index (κ1) is 13.0. The molecule has 0 aromatic carbocycles. The zero-order valence-corrected chi connectivity index (χ0v) is 10.3. The van der Waals surface area contributed by atoms with Crippen molar-refractivity contribution in [2.75, 3.05) is 13.1 Å². The third-order valence-corrected chi connectivity index (χ3v) is 2.78. The van der Waals surface area contributed by atoms with E-state index in [4.69, 9.17) is 0 Å². The highest BCUT2D eigenvalue weighted by molar-refractivity contribution is 5.78. The van der Waals surface area contributed by atoms with Crippen LogP contribution in [0.2, 0.25) is 0 Å². The highest BCUT2D eigenvalue weighted by Gasteiger charge is 2.23. The van der Waals surface area contributed by atoms with Crippen LogP contribution in [0.15, 0.2) is 0 Å².